The van der Waals surface area contributed by atoms with E-state index in [1.807, 2.05) is 24.3 Å². The lowest BCUT2D eigenvalue weighted by Crippen LogP contribution is -2.06. The maximum Gasteiger partial charge on any atom is 0.257 e. The van der Waals surface area contributed by atoms with Gasteiger partial charge < -0.3 is 9.26 Å². The molecule has 1 aromatic heterocycles. The van der Waals surface area contributed by atoms with Gasteiger partial charge in [-0.2, -0.15) is 4.98 Å². The van der Waals surface area contributed by atoms with Gasteiger partial charge in [0.05, 0.1) is 6.61 Å². The van der Waals surface area contributed by atoms with E-state index < -0.39 is 0 Å². The summed E-state index contributed by atoms with van der Waals surface area (Å²) in [6, 6.07) is 7.91. The highest BCUT2D eigenvalue weighted by molar-refractivity contribution is 5.54. The zero-order chi connectivity index (χ0) is 15.2. The average Bonchev–Trinajstić information content (AvgIpc) is 3.07. The van der Waals surface area contributed by atoms with E-state index in [1.54, 1.807) is 0 Å². The highest BCUT2D eigenvalue weighted by Crippen LogP contribution is 2.32. The summed E-state index contributed by atoms with van der Waals surface area (Å²) in [6.45, 7) is 2.92. The summed E-state index contributed by atoms with van der Waals surface area (Å²) in [6.07, 6.45) is 8.48. The zero-order valence-electron chi connectivity index (χ0n) is 13.3. The number of unbranched alkanes of at least 4 members (excludes halogenated alkanes) is 1. The Morgan fingerprint density at radius 3 is 2.64 bits per heavy atom. The third-order valence-electron chi connectivity index (χ3n) is 4.28. The molecule has 0 N–H and O–H groups in total. The summed E-state index contributed by atoms with van der Waals surface area (Å²) in [5, 5.41) is 4.18. The van der Waals surface area contributed by atoms with Crippen molar-refractivity contribution in [2.24, 2.45) is 0 Å². The van der Waals surface area contributed by atoms with E-state index in [9.17, 15) is 0 Å². The second-order valence-electron chi connectivity index (χ2n) is 6.02. The molecule has 118 valence electrons. The summed E-state index contributed by atoms with van der Waals surface area (Å²) in [4.78, 5) is 4.59. The van der Waals surface area contributed by atoms with Crippen molar-refractivity contribution >= 4 is 0 Å². The monoisotopic (exact) mass is 300 g/mol. The van der Waals surface area contributed by atoms with Crippen molar-refractivity contribution in [1.82, 2.24) is 10.1 Å². The van der Waals surface area contributed by atoms with Crippen molar-refractivity contribution in [2.75, 3.05) is 6.61 Å². The predicted octanol–water partition coefficient (Wildman–Crippen LogP) is 4.96. The summed E-state index contributed by atoms with van der Waals surface area (Å²) in [5.41, 5.74) is 0.956. The fourth-order valence-corrected chi connectivity index (χ4v) is 2.91. The molecule has 4 nitrogen and oxygen atoms in total. The van der Waals surface area contributed by atoms with Gasteiger partial charge in [-0.1, -0.05) is 37.8 Å². The van der Waals surface area contributed by atoms with Crippen molar-refractivity contribution < 1.29 is 9.26 Å². The van der Waals surface area contributed by atoms with Crippen LogP contribution in [0.3, 0.4) is 0 Å². The molecule has 1 aliphatic rings. The molecule has 4 heteroatoms. The Morgan fingerprint density at radius 1 is 1.14 bits per heavy atom. The molecular weight excluding hydrogens is 276 g/mol. The Kier molecular flexibility index (Phi) is 5.09. The minimum atomic E-state index is 0.475. The van der Waals surface area contributed by atoms with Crippen LogP contribution in [-0.2, 0) is 0 Å². The molecule has 0 amide bonds. The lowest BCUT2D eigenvalue weighted by Gasteiger charge is -2.17. The molecule has 1 saturated carbocycles. The lowest BCUT2D eigenvalue weighted by molar-refractivity contribution is 0.309. The van der Waals surface area contributed by atoms with Gasteiger partial charge in [-0.25, -0.2) is 0 Å². The highest BCUT2D eigenvalue weighted by Gasteiger charge is 2.21. The summed E-state index contributed by atoms with van der Waals surface area (Å²) < 4.78 is 11.1. The number of hydrogen-bond donors (Lipinski definition) is 0. The number of benzene rings is 1. The minimum absolute atomic E-state index is 0.475. The molecule has 0 bridgehead atoms. The highest BCUT2D eigenvalue weighted by atomic mass is 16.5. The van der Waals surface area contributed by atoms with Crippen molar-refractivity contribution in [3.8, 4) is 17.2 Å². The number of ether oxygens (including phenoxy) is 1. The van der Waals surface area contributed by atoms with Crippen LogP contribution in [0, 0.1) is 0 Å². The number of rotatable bonds is 6. The van der Waals surface area contributed by atoms with E-state index in [0.717, 1.165) is 36.6 Å². The van der Waals surface area contributed by atoms with Gasteiger partial charge in [-0.05, 0) is 43.5 Å². The second-order valence-corrected chi connectivity index (χ2v) is 6.02. The van der Waals surface area contributed by atoms with Gasteiger partial charge in [0.2, 0.25) is 0 Å². The third-order valence-corrected chi connectivity index (χ3v) is 4.28. The largest absolute Gasteiger partial charge is 0.494 e. The van der Waals surface area contributed by atoms with Gasteiger partial charge in [0.25, 0.3) is 5.89 Å². The van der Waals surface area contributed by atoms with Crippen molar-refractivity contribution in [1.29, 1.82) is 0 Å². The first-order chi connectivity index (χ1) is 10.9. The number of aromatic nitrogens is 2. The first-order valence-corrected chi connectivity index (χ1v) is 8.43. The Morgan fingerprint density at radius 2 is 1.91 bits per heavy atom. The molecule has 1 fully saturated rings. The van der Waals surface area contributed by atoms with E-state index in [4.69, 9.17) is 9.26 Å². The molecule has 0 spiro atoms. The first kappa shape index (κ1) is 15.1. The second kappa shape index (κ2) is 7.43. The molecule has 0 radical (unpaired) electrons. The van der Waals surface area contributed by atoms with Crippen LogP contribution in [0.1, 0.15) is 63.6 Å². The minimum Gasteiger partial charge on any atom is -0.494 e. The number of nitrogens with zero attached hydrogens (tertiary/aromatic N) is 2. The standard InChI is InChI=1S/C18H24N2O2/c1-2-3-13-21-16-11-9-15(10-12-16)18-19-17(20-22-18)14-7-5-4-6-8-14/h9-12,14H,2-8,13H2,1H3. The Labute approximate surface area is 131 Å². The van der Waals surface area contributed by atoms with Crippen LogP contribution >= 0.6 is 0 Å². The van der Waals surface area contributed by atoms with E-state index >= 15 is 0 Å². The normalized spacial score (nSPS) is 15.9. The molecule has 3 rings (SSSR count). The van der Waals surface area contributed by atoms with Gasteiger partial charge >= 0.3 is 0 Å². The zero-order valence-corrected chi connectivity index (χ0v) is 13.3. The molecule has 1 aromatic carbocycles. The Bertz CT molecular complexity index is 571. The predicted molar refractivity (Wildman–Crippen MR) is 86.0 cm³/mol. The van der Waals surface area contributed by atoms with E-state index in [-0.39, 0.29) is 0 Å². The van der Waals surface area contributed by atoms with Crippen LogP contribution in [0.5, 0.6) is 5.75 Å². The van der Waals surface area contributed by atoms with Crippen LogP contribution in [0.15, 0.2) is 28.8 Å². The molecule has 0 atom stereocenters. The quantitative estimate of drug-likeness (QED) is 0.707. The lowest BCUT2D eigenvalue weighted by atomic mass is 9.89. The van der Waals surface area contributed by atoms with Crippen LogP contribution < -0.4 is 4.74 Å². The molecule has 0 saturated heterocycles. The van der Waals surface area contributed by atoms with Crippen molar-refractivity contribution in [3.63, 3.8) is 0 Å². The van der Waals surface area contributed by atoms with Crippen LogP contribution in [0.4, 0.5) is 0 Å². The van der Waals surface area contributed by atoms with Crippen LogP contribution in [0.25, 0.3) is 11.5 Å². The third kappa shape index (κ3) is 3.67. The molecule has 1 aliphatic carbocycles. The summed E-state index contributed by atoms with van der Waals surface area (Å²) in [5.74, 6) is 2.85. The molecule has 0 aliphatic heterocycles. The topological polar surface area (TPSA) is 48.2 Å². The maximum absolute atomic E-state index is 5.67. The maximum atomic E-state index is 5.67. The molecule has 1 heterocycles. The van der Waals surface area contributed by atoms with Crippen LogP contribution in [-0.4, -0.2) is 16.7 Å². The fourth-order valence-electron chi connectivity index (χ4n) is 2.91. The molecular formula is C18H24N2O2. The molecule has 2 aromatic rings. The van der Waals surface area contributed by atoms with Gasteiger partial charge in [-0.15, -0.1) is 0 Å². The first-order valence-electron chi connectivity index (χ1n) is 8.43. The van der Waals surface area contributed by atoms with Gasteiger partial charge in [0, 0.05) is 11.5 Å². The smallest absolute Gasteiger partial charge is 0.257 e. The average molecular weight is 300 g/mol. The van der Waals surface area contributed by atoms with Gasteiger partial charge in [0.1, 0.15) is 5.75 Å². The Balaban J connectivity index is 1.65. The molecule has 22 heavy (non-hydrogen) atoms. The number of hydrogen-bond acceptors (Lipinski definition) is 4. The van der Waals surface area contributed by atoms with E-state index in [0.29, 0.717) is 11.8 Å². The summed E-state index contributed by atoms with van der Waals surface area (Å²) in [7, 11) is 0. The van der Waals surface area contributed by atoms with Crippen molar-refractivity contribution in [2.45, 2.75) is 57.8 Å². The van der Waals surface area contributed by atoms with Gasteiger partial charge in [-0.3, -0.25) is 0 Å². The van der Waals surface area contributed by atoms with Crippen LogP contribution in [0.2, 0.25) is 0 Å². The SMILES string of the molecule is CCCCOc1ccc(-c2nc(C3CCCCC3)no2)cc1. The molecule has 0 unspecified atom stereocenters. The van der Waals surface area contributed by atoms with Gasteiger partial charge in [0.15, 0.2) is 5.82 Å². The van der Waals surface area contributed by atoms with Crippen molar-refractivity contribution in [3.05, 3.63) is 30.1 Å². The van der Waals surface area contributed by atoms with E-state index in [2.05, 4.69) is 17.1 Å². The van der Waals surface area contributed by atoms with E-state index in [1.165, 1.54) is 32.1 Å². The fraction of sp³-hybridized carbons (Fsp3) is 0.556. The Hall–Kier alpha value is -1.84. The summed E-state index contributed by atoms with van der Waals surface area (Å²) >= 11 is 0.